The molecule has 2 heteroatoms. The molecule has 0 saturated heterocycles. The van der Waals surface area contributed by atoms with Gasteiger partial charge in [0.2, 0.25) is 0 Å². The minimum Gasteiger partial charge on any atom is -0.462 e. The van der Waals surface area contributed by atoms with Gasteiger partial charge in [-0.25, -0.2) is 4.79 Å². The van der Waals surface area contributed by atoms with Crippen molar-refractivity contribution in [1.29, 1.82) is 0 Å². The lowest BCUT2D eigenvalue weighted by atomic mass is 10.2. The molecule has 0 aliphatic heterocycles. The first-order chi connectivity index (χ1) is 6.22. The van der Waals surface area contributed by atoms with Crippen LogP contribution in [0.4, 0.5) is 0 Å². The molecule has 0 saturated carbocycles. The first kappa shape index (κ1) is 11.9. The predicted octanol–water partition coefficient (Wildman–Crippen LogP) is 2.85. The number of carbonyl (C=O) groups excluding carboxylic acids is 1. The maximum absolute atomic E-state index is 11.2. The molecule has 0 aliphatic carbocycles. The predicted molar refractivity (Wildman–Crippen MR) is 54.4 cm³/mol. The van der Waals surface area contributed by atoms with Crippen LogP contribution in [-0.4, -0.2) is 12.6 Å². The van der Waals surface area contributed by atoms with Gasteiger partial charge in [0.25, 0.3) is 0 Å². The third kappa shape index (κ3) is 6.14. The molecule has 13 heavy (non-hydrogen) atoms. The molecule has 0 aromatic rings. The first-order valence-electron chi connectivity index (χ1n) is 4.68. The smallest absolute Gasteiger partial charge is 0.333 e. The minimum atomic E-state index is -0.268. The summed E-state index contributed by atoms with van der Waals surface area (Å²) in [6.07, 6.45) is 5.15. The molecule has 0 aromatic carbocycles. The first-order valence-corrected chi connectivity index (χ1v) is 4.68. The highest BCUT2D eigenvalue weighted by Crippen LogP contribution is 2.05. The van der Waals surface area contributed by atoms with Gasteiger partial charge in [-0.1, -0.05) is 26.0 Å². The quantitative estimate of drug-likeness (QED) is 0.262. The second-order valence-corrected chi connectivity index (χ2v) is 2.92. The van der Waals surface area contributed by atoms with Crippen molar-refractivity contribution in [3.8, 4) is 0 Å². The molecule has 0 radical (unpaired) electrons. The molecule has 2 nitrogen and oxygen atoms in total. The molecule has 0 rings (SSSR count). The number of carbonyl (C=O) groups is 1. The van der Waals surface area contributed by atoms with Crippen LogP contribution in [-0.2, 0) is 9.53 Å². The van der Waals surface area contributed by atoms with Crippen molar-refractivity contribution in [3.05, 3.63) is 24.8 Å². The summed E-state index contributed by atoms with van der Waals surface area (Å²) in [5, 5.41) is 0. The van der Waals surface area contributed by atoms with Crippen molar-refractivity contribution in [3.63, 3.8) is 0 Å². The van der Waals surface area contributed by atoms with Crippen molar-refractivity contribution in [1.82, 2.24) is 0 Å². The van der Waals surface area contributed by atoms with Gasteiger partial charge >= 0.3 is 5.97 Å². The third-order valence-corrected chi connectivity index (χ3v) is 1.67. The lowest BCUT2D eigenvalue weighted by molar-refractivity contribution is -0.139. The molecule has 0 aliphatic rings. The fourth-order valence-corrected chi connectivity index (χ4v) is 0.790. The third-order valence-electron chi connectivity index (χ3n) is 1.67. The van der Waals surface area contributed by atoms with Crippen molar-refractivity contribution < 1.29 is 9.53 Å². The van der Waals surface area contributed by atoms with E-state index < -0.39 is 0 Å². The molecule has 0 spiro atoms. The van der Waals surface area contributed by atoms with E-state index in [0.717, 1.165) is 19.3 Å². The highest BCUT2D eigenvalue weighted by Gasteiger charge is 2.06. The van der Waals surface area contributed by atoms with Gasteiger partial charge in [-0.05, 0) is 19.3 Å². The second kappa shape index (κ2) is 7.59. The summed E-state index contributed by atoms with van der Waals surface area (Å²) in [7, 11) is 0. The molecule has 0 bridgehead atoms. The Hall–Kier alpha value is -1.05. The van der Waals surface area contributed by atoms with Crippen LogP contribution in [0.5, 0.6) is 0 Å². The lowest BCUT2D eigenvalue weighted by Crippen LogP contribution is -2.07. The average molecular weight is 182 g/mol. The number of ether oxygens (including phenoxy) is 1. The monoisotopic (exact) mass is 182 g/mol. The maximum Gasteiger partial charge on any atom is 0.333 e. The second-order valence-electron chi connectivity index (χ2n) is 2.92. The molecular weight excluding hydrogens is 164 g/mol. The van der Waals surface area contributed by atoms with E-state index in [1.165, 1.54) is 0 Å². The topological polar surface area (TPSA) is 26.3 Å². The van der Waals surface area contributed by atoms with Crippen molar-refractivity contribution in [2.45, 2.75) is 32.6 Å². The zero-order valence-electron chi connectivity index (χ0n) is 8.34. The molecule has 0 heterocycles. The Morgan fingerprint density at radius 1 is 1.54 bits per heavy atom. The van der Waals surface area contributed by atoms with E-state index in [1.54, 1.807) is 6.08 Å². The number of allylic oxidation sites excluding steroid dienone is 1. The number of hydrogen-bond donors (Lipinski definition) is 0. The van der Waals surface area contributed by atoms with Gasteiger partial charge in [0, 0.05) is 5.57 Å². The molecule has 0 N–H and O–H groups in total. The zero-order chi connectivity index (χ0) is 10.1. The highest BCUT2D eigenvalue weighted by molar-refractivity contribution is 5.87. The van der Waals surface area contributed by atoms with Crippen LogP contribution < -0.4 is 0 Å². The van der Waals surface area contributed by atoms with Crippen LogP contribution >= 0.6 is 0 Å². The molecule has 0 fully saturated rings. The fourth-order valence-electron chi connectivity index (χ4n) is 0.790. The lowest BCUT2D eigenvalue weighted by Gasteiger charge is -2.04. The van der Waals surface area contributed by atoms with Crippen LogP contribution in [0.2, 0.25) is 0 Å². The van der Waals surface area contributed by atoms with Gasteiger partial charge in [0.15, 0.2) is 0 Å². The van der Waals surface area contributed by atoms with E-state index in [9.17, 15) is 4.79 Å². The molecule has 0 unspecified atom stereocenters. The van der Waals surface area contributed by atoms with Crippen LogP contribution in [0.25, 0.3) is 0 Å². The normalized spacial score (nSPS) is 9.31. The van der Waals surface area contributed by atoms with Gasteiger partial charge in [-0.15, -0.1) is 6.58 Å². The highest BCUT2D eigenvalue weighted by atomic mass is 16.5. The summed E-state index contributed by atoms with van der Waals surface area (Å²) in [5.74, 6) is -0.268. The average Bonchev–Trinajstić information content (AvgIpc) is 2.14. The van der Waals surface area contributed by atoms with E-state index in [4.69, 9.17) is 4.74 Å². The Bertz CT molecular complexity index is 183. The molecule has 74 valence electrons. The summed E-state index contributed by atoms with van der Waals surface area (Å²) in [5.41, 5.74) is 0.538. The largest absolute Gasteiger partial charge is 0.462 e. The Morgan fingerprint density at radius 3 is 2.77 bits per heavy atom. The Labute approximate surface area is 80.3 Å². The van der Waals surface area contributed by atoms with E-state index in [-0.39, 0.29) is 5.97 Å². The number of unbranched alkanes of at least 4 members (excludes halogenated alkanes) is 1. The molecule has 0 amide bonds. The SMILES string of the molecule is C=CCCC(=C)C(=O)OCCCC. The molecule has 0 aromatic heterocycles. The minimum absolute atomic E-state index is 0.268. The van der Waals surface area contributed by atoms with E-state index >= 15 is 0 Å². The summed E-state index contributed by atoms with van der Waals surface area (Å²) in [6.45, 7) is 9.78. The Balaban J connectivity index is 3.57. The molecular formula is C11H18O2. The van der Waals surface area contributed by atoms with Gasteiger partial charge < -0.3 is 4.74 Å². The Morgan fingerprint density at radius 2 is 2.23 bits per heavy atom. The van der Waals surface area contributed by atoms with Crippen LogP contribution in [0.15, 0.2) is 24.8 Å². The Kier molecular flexibility index (Phi) is 6.98. The van der Waals surface area contributed by atoms with Crippen molar-refractivity contribution in [2.75, 3.05) is 6.61 Å². The van der Waals surface area contributed by atoms with E-state index in [1.807, 2.05) is 0 Å². The fraction of sp³-hybridized carbons (Fsp3) is 0.545. The van der Waals surface area contributed by atoms with Crippen molar-refractivity contribution in [2.24, 2.45) is 0 Å². The molecule has 0 atom stereocenters. The van der Waals surface area contributed by atoms with E-state index in [0.29, 0.717) is 18.6 Å². The summed E-state index contributed by atoms with van der Waals surface area (Å²) < 4.78 is 4.97. The summed E-state index contributed by atoms with van der Waals surface area (Å²) in [6, 6.07) is 0. The van der Waals surface area contributed by atoms with Crippen LogP contribution in [0.1, 0.15) is 32.6 Å². The van der Waals surface area contributed by atoms with Gasteiger partial charge in [-0.3, -0.25) is 0 Å². The summed E-state index contributed by atoms with van der Waals surface area (Å²) >= 11 is 0. The standard InChI is InChI=1S/C11H18O2/c1-4-6-8-10(3)11(12)13-9-7-5-2/h4H,1,3,5-9H2,2H3. The van der Waals surface area contributed by atoms with Crippen molar-refractivity contribution >= 4 is 5.97 Å². The van der Waals surface area contributed by atoms with Crippen LogP contribution in [0, 0.1) is 0 Å². The van der Waals surface area contributed by atoms with Gasteiger partial charge in [0.1, 0.15) is 0 Å². The van der Waals surface area contributed by atoms with E-state index in [2.05, 4.69) is 20.1 Å². The van der Waals surface area contributed by atoms with Gasteiger partial charge in [0.05, 0.1) is 6.61 Å². The number of hydrogen-bond acceptors (Lipinski definition) is 2. The summed E-state index contributed by atoms with van der Waals surface area (Å²) in [4.78, 5) is 11.2. The zero-order valence-corrected chi connectivity index (χ0v) is 8.34. The number of esters is 1. The van der Waals surface area contributed by atoms with Crippen LogP contribution in [0.3, 0.4) is 0 Å². The van der Waals surface area contributed by atoms with Gasteiger partial charge in [-0.2, -0.15) is 0 Å². The maximum atomic E-state index is 11.2. The number of rotatable bonds is 7.